The Hall–Kier alpha value is -0.710. The van der Waals surface area contributed by atoms with Crippen molar-refractivity contribution in [2.75, 3.05) is 19.0 Å². The molecule has 0 aliphatic heterocycles. The second kappa shape index (κ2) is 7.91. The number of hydrogen-bond acceptors (Lipinski definition) is 5. The highest BCUT2D eigenvalue weighted by molar-refractivity contribution is 8.13. The minimum atomic E-state index is -0.341. The molecule has 5 heteroatoms. The van der Waals surface area contributed by atoms with Gasteiger partial charge in [0.1, 0.15) is 0 Å². The predicted octanol–water partition coefficient (Wildman–Crippen LogP) is 1.83. The van der Waals surface area contributed by atoms with Crippen molar-refractivity contribution in [3.63, 3.8) is 0 Å². The molecule has 0 fully saturated rings. The van der Waals surface area contributed by atoms with Crippen LogP contribution in [0.4, 0.5) is 4.79 Å². The van der Waals surface area contributed by atoms with Crippen LogP contribution in [0.15, 0.2) is 0 Å². The monoisotopic (exact) mass is 206 g/mol. The fourth-order valence-electron chi connectivity index (χ4n) is 0.610. The van der Waals surface area contributed by atoms with Gasteiger partial charge in [0.2, 0.25) is 0 Å². The molecule has 0 aliphatic carbocycles. The summed E-state index contributed by atoms with van der Waals surface area (Å²) >= 11 is 0.993. The smallest absolute Gasteiger partial charge is 0.367 e. The molecule has 0 heterocycles. The molecule has 0 aliphatic rings. The average Bonchev–Trinajstić information content (AvgIpc) is 2.05. The van der Waals surface area contributed by atoms with Crippen molar-refractivity contribution < 1.29 is 19.1 Å². The molecule has 0 spiro atoms. The van der Waals surface area contributed by atoms with Crippen molar-refractivity contribution in [2.24, 2.45) is 0 Å². The van der Waals surface area contributed by atoms with Gasteiger partial charge in [0.25, 0.3) is 0 Å². The van der Waals surface area contributed by atoms with Crippen LogP contribution >= 0.6 is 11.8 Å². The Morgan fingerprint density at radius 2 is 1.77 bits per heavy atom. The third kappa shape index (κ3) is 7.64. The molecule has 0 saturated heterocycles. The zero-order chi connectivity index (χ0) is 10.1. The predicted molar refractivity (Wildman–Crippen MR) is 50.7 cm³/mol. The molecule has 0 unspecified atom stereocenters. The van der Waals surface area contributed by atoms with Crippen molar-refractivity contribution >= 4 is 23.0 Å². The first-order valence-corrected chi connectivity index (χ1v) is 5.14. The highest BCUT2D eigenvalue weighted by atomic mass is 32.2. The van der Waals surface area contributed by atoms with E-state index < -0.39 is 0 Å². The second-order valence-electron chi connectivity index (χ2n) is 2.09. The lowest BCUT2D eigenvalue weighted by atomic mass is 10.5. The third-order valence-corrected chi connectivity index (χ3v) is 1.86. The van der Waals surface area contributed by atoms with E-state index in [0.29, 0.717) is 19.0 Å². The summed E-state index contributed by atoms with van der Waals surface area (Å²) in [5, 5.41) is -0.341. The quantitative estimate of drug-likeness (QED) is 0.642. The zero-order valence-corrected chi connectivity index (χ0v) is 8.69. The molecule has 4 nitrogen and oxygen atoms in total. The fraction of sp³-hybridized carbons (Fsp3) is 0.750. The van der Waals surface area contributed by atoms with Crippen LogP contribution in [0, 0.1) is 0 Å². The van der Waals surface area contributed by atoms with Gasteiger partial charge >= 0.3 is 11.3 Å². The van der Waals surface area contributed by atoms with Crippen molar-refractivity contribution in [3.8, 4) is 0 Å². The maximum atomic E-state index is 10.8. The molecule has 0 aromatic rings. The van der Waals surface area contributed by atoms with E-state index in [1.807, 2.05) is 0 Å². The minimum absolute atomic E-state index is 0.247. The molecule has 0 N–H and O–H groups in total. The van der Waals surface area contributed by atoms with Crippen LogP contribution in [-0.4, -0.2) is 30.2 Å². The van der Waals surface area contributed by atoms with E-state index in [4.69, 9.17) is 0 Å². The van der Waals surface area contributed by atoms with E-state index in [0.717, 1.165) is 11.8 Å². The molecule has 0 saturated carbocycles. The second-order valence-corrected chi connectivity index (χ2v) is 3.12. The van der Waals surface area contributed by atoms with Gasteiger partial charge < -0.3 is 9.47 Å². The van der Waals surface area contributed by atoms with Crippen LogP contribution in [0.2, 0.25) is 0 Å². The van der Waals surface area contributed by atoms with Gasteiger partial charge in [-0.25, -0.2) is 4.79 Å². The van der Waals surface area contributed by atoms with E-state index in [2.05, 4.69) is 9.47 Å². The van der Waals surface area contributed by atoms with E-state index >= 15 is 0 Å². The minimum Gasteiger partial charge on any atom is -0.466 e. The molecule has 0 aromatic carbocycles. The van der Waals surface area contributed by atoms with Crippen LogP contribution in [-0.2, 0) is 14.3 Å². The van der Waals surface area contributed by atoms with Gasteiger partial charge in [0.05, 0.1) is 19.6 Å². The average molecular weight is 206 g/mol. The molecule has 76 valence electrons. The van der Waals surface area contributed by atoms with Crippen molar-refractivity contribution in [1.29, 1.82) is 0 Å². The van der Waals surface area contributed by atoms with Crippen molar-refractivity contribution in [2.45, 2.75) is 20.3 Å². The fourth-order valence-corrected chi connectivity index (χ4v) is 1.25. The number of carbonyl (C=O) groups excluding carboxylic acids is 2. The summed E-state index contributed by atoms with van der Waals surface area (Å²) in [5.74, 6) is 0.136. The maximum Gasteiger partial charge on any atom is 0.367 e. The Kier molecular flexibility index (Phi) is 7.48. The molecule has 0 radical (unpaired) electrons. The molecule has 0 rings (SSSR count). The number of rotatable bonds is 5. The Labute approximate surface area is 82.0 Å². The first-order valence-electron chi connectivity index (χ1n) is 4.15. The first-order chi connectivity index (χ1) is 6.20. The summed E-state index contributed by atoms with van der Waals surface area (Å²) < 4.78 is 9.33. The maximum absolute atomic E-state index is 10.8. The Morgan fingerprint density at radius 3 is 2.31 bits per heavy atom. The molecule has 0 aromatic heterocycles. The summed E-state index contributed by atoms with van der Waals surface area (Å²) in [6.07, 6.45) is 0.247. The summed E-state index contributed by atoms with van der Waals surface area (Å²) in [6, 6.07) is 0. The summed E-state index contributed by atoms with van der Waals surface area (Å²) in [5.41, 5.74) is 0. The first kappa shape index (κ1) is 12.3. The molecular weight excluding hydrogens is 192 g/mol. The van der Waals surface area contributed by atoms with Gasteiger partial charge in [-0.2, -0.15) is 0 Å². The standard InChI is InChI=1S/C8H14O4S/c1-3-11-7(9)5-6-13-8(10)12-4-2/h3-6H2,1-2H3. The van der Waals surface area contributed by atoms with Crippen LogP contribution in [0.5, 0.6) is 0 Å². The summed E-state index contributed by atoms with van der Waals surface area (Å²) in [4.78, 5) is 21.6. The van der Waals surface area contributed by atoms with Gasteiger partial charge in [-0.3, -0.25) is 4.79 Å². The SMILES string of the molecule is CCOC(=O)CCSC(=O)OCC. The normalized spacial score (nSPS) is 9.38. The Bertz CT molecular complexity index is 152. The van der Waals surface area contributed by atoms with Crippen molar-refractivity contribution in [3.05, 3.63) is 0 Å². The van der Waals surface area contributed by atoms with E-state index in [1.54, 1.807) is 13.8 Å². The third-order valence-electron chi connectivity index (χ3n) is 1.09. The molecule has 0 atom stereocenters. The summed E-state index contributed by atoms with van der Waals surface area (Å²) in [7, 11) is 0. The Balaban J connectivity index is 3.33. The van der Waals surface area contributed by atoms with E-state index in [1.165, 1.54) is 0 Å². The molecular formula is C8H14O4S. The number of hydrogen-bond donors (Lipinski definition) is 0. The van der Waals surface area contributed by atoms with E-state index in [9.17, 15) is 9.59 Å². The molecule has 0 amide bonds. The topological polar surface area (TPSA) is 52.6 Å². The van der Waals surface area contributed by atoms with Gasteiger partial charge in [0.15, 0.2) is 0 Å². The van der Waals surface area contributed by atoms with Crippen LogP contribution in [0.3, 0.4) is 0 Å². The highest BCUT2D eigenvalue weighted by Crippen LogP contribution is 2.07. The van der Waals surface area contributed by atoms with Gasteiger partial charge in [0, 0.05) is 5.75 Å². The lowest BCUT2D eigenvalue weighted by Crippen LogP contribution is -2.06. The molecule has 13 heavy (non-hydrogen) atoms. The number of carbonyl (C=O) groups is 2. The lowest BCUT2D eigenvalue weighted by Gasteiger charge is -2.01. The highest BCUT2D eigenvalue weighted by Gasteiger charge is 2.05. The zero-order valence-electron chi connectivity index (χ0n) is 7.87. The Morgan fingerprint density at radius 1 is 1.15 bits per heavy atom. The number of ether oxygens (including phenoxy) is 2. The van der Waals surface area contributed by atoms with Crippen molar-refractivity contribution in [1.82, 2.24) is 0 Å². The largest absolute Gasteiger partial charge is 0.466 e. The van der Waals surface area contributed by atoms with Crippen LogP contribution in [0.1, 0.15) is 20.3 Å². The van der Waals surface area contributed by atoms with Crippen LogP contribution < -0.4 is 0 Å². The van der Waals surface area contributed by atoms with Gasteiger partial charge in [-0.1, -0.05) is 0 Å². The summed E-state index contributed by atoms with van der Waals surface area (Å²) in [6.45, 7) is 4.23. The van der Waals surface area contributed by atoms with E-state index in [-0.39, 0.29) is 17.7 Å². The number of thioether (sulfide) groups is 1. The van der Waals surface area contributed by atoms with Gasteiger partial charge in [-0.05, 0) is 25.6 Å². The number of esters is 1. The van der Waals surface area contributed by atoms with Gasteiger partial charge in [-0.15, -0.1) is 0 Å². The molecule has 0 bridgehead atoms. The van der Waals surface area contributed by atoms with Crippen LogP contribution in [0.25, 0.3) is 0 Å². The lowest BCUT2D eigenvalue weighted by molar-refractivity contribution is -0.142.